The number of hydrogen-bond donors (Lipinski definition) is 1. The first-order valence-electron chi connectivity index (χ1n) is 7.07. The lowest BCUT2D eigenvalue weighted by atomic mass is 9.95. The molecular formula is C13H17ClFN3O4S. The van der Waals surface area contributed by atoms with Crippen LogP contribution in [0.25, 0.3) is 0 Å². The largest absolute Gasteiger partial charge is 0.324 e. The van der Waals surface area contributed by atoms with Crippen LogP contribution < -0.4 is 5.32 Å². The lowest BCUT2D eigenvalue weighted by Crippen LogP contribution is -2.46. The van der Waals surface area contributed by atoms with Crippen molar-refractivity contribution in [3.05, 3.63) is 34.1 Å². The van der Waals surface area contributed by atoms with Crippen LogP contribution in [-0.2, 0) is 10.0 Å². The molecule has 0 saturated carbocycles. The van der Waals surface area contributed by atoms with E-state index < -0.39 is 31.3 Å². The highest BCUT2D eigenvalue weighted by Gasteiger charge is 2.40. The van der Waals surface area contributed by atoms with Gasteiger partial charge in [-0.3, -0.25) is 10.1 Å². The summed E-state index contributed by atoms with van der Waals surface area (Å²) < 4.78 is 40.3. The van der Waals surface area contributed by atoms with Gasteiger partial charge in [-0.15, -0.1) is 12.4 Å². The number of nitrogens with one attached hydrogen (secondary N) is 1. The van der Waals surface area contributed by atoms with E-state index in [1.807, 2.05) is 0 Å². The minimum atomic E-state index is -4.07. The van der Waals surface area contributed by atoms with Crippen LogP contribution in [0.4, 0.5) is 10.1 Å². The lowest BCUT2D eigenvalue weighted by molar-refractivity contribution is -0.390. The number of nitro groups is 1. The topological polar surface area (TPSA) is 92.5 Å². The van der Waals surface area contributed by atoms with Crippen molar-refractivity contribution >= 4 is 28.1 Å². The lowest BCUT2D eigenvalue weighted by Gasteiger charge is -2.33. The fraction of sp³-hybridized carbons (Fsp3) is 0.538. The summed E-state index contributed by atoms with van der Waals surface area (Å²) in [5.74, 6) is -0.931. The first-order chi connectivity index (χ1) is 10.4. The van der Waals surface area contributed by atoms with Gasteiger partial charge in [0.1, 0.15) is 0 Å². The Morgan fingerprint density at radius 1 is 1.35 bits per heavy atom. The molecule has 2 fully saturated rings. The van der Waals surface area contributed by atoms with Crippen LogP contribution in [0, 0.1) is 21.8 Å². The van der Waals surface area contributed by atoms with Crippen molar-refractivity contribution in [2.24, 2.45) is 5.92 Å². The van der Waals surface area contributed by atoms with Crippen LogP contribution in [0.5, 0.6) is 0 Å². The molecule has 0 aromatic heterocycles. The Bertz CT molecular complexity index is 715. The second kappa shape index (κ2) is 6.68. The van der Waals surface area contributed by atoms with Crippen LogP contribution in [0.1, 0.15) is 12.8 Å². The van der Waals surface area contributed by atoms with Crippen molar-refractivity contribution in [3.8, 4) is 0 Å². The van der Waals surface area contributed by atoms with Gasteiger partial charge in [-0.05, 0) is 37.4 Å². The fourth-order valence-corrected chi connectivity index (χ4v) is 4.93. The van der Waals surface area contributed by atoms with E-state index in [0.29, 0.717) is 19.0 Å². The number of nitrogens with zero attached hydrogens (tertiary/aromatic N) is 2. The third-order valence-corrected chi connectivity index (χ3v) is 6.27. The summed E-state index contributed by atoms with van der Waals surface area (Å²) in [5.41, 5.74) is -0.978. The first-order valence-corrected chi connectivity index (χ1v) is 8.51. The molecule has 2 heterocycles. The maximum Gasteiger partial charge on any atom is 0.324 e. The fourth-order valence-electron chi connectivity index (χ4n) is 3.25. The molecule has 1 aromatic rings. The molecule has 23 heavy (non-hydrogen) atoms. The average Bonchev–Trinajstić information content (AvgIpc) is 2.93. The van der Waals surface area contributed by atoms with Gasteiger partial charge in [-0.1, -0.05) is 6.07 Å². The molecule has 0 spiro atoms. The predicted molar refractivity (Wildman–Crippen MR) is 83.6 cm³/mol. The third-order valence-electron chi connectivity index (χ3n) is 4.37. The zero-order valence-corrected chi connectivity index (χ0v) is 13.8. The highest BCUT2D eigenvalue weighted by Crippen LogP contribution is 2.33. The third kappa shape index (κ3) is 3.18. The molecule has 2 saturated heterocycles. The molecule has 0 amide bonds. The van der Waals surface area contributed by atoms with E-state index >= 15 is 0 Å². The summed E-state index contributed by atoms with van der Waals surface area (Å²) in [4.78, 5) is 9.48. The number of nitro benzene ring substituents is 1. The van der Waals surface area contributed by atoms with E-state index in [9.17, 15) is 22.9 Å². The first kappa shape index (κ1) is 18.1. The highest BCUT2D eigenvalue weighted by atomic mass is 35.5. The maximum absolute atomic E-state index is 13.7. The van der Waals surface area contributed by atoms with Crippen molar-refractivity contribution in [1.29, 1.82) is 0 Å². The Balaban J connectivity index is 0.00000192. The molecule has 0 aliphatic carbocycles. The molecule has 128 valence electrons. The van der Waals surface area contributed by atoms with Crippen molar-refractivity contribution < 1.29 is 17.7 Å². The Labute approximate surface area is 139 Å². The van der Waals surface area contributed by atoms with E-state index in [0.717, 1.165) is 25.1 Å². The quantitative estimate of drug-likeness (QED) is 0.647. The molecule has 0 bridgehead atoms. The molecule has 0 radical (unpaired) electrons. The van der Waals surface area contributed by atoms with Gasteiger partial charge in [0.05, 0.1) is 4.92 Å². The van der Waals surface area contributed by atoms with Crippen molar-refractivity contribution in [1.82, 2.24) is 9.62 Å². The number of halogens is 2. The molecule has 2 aliphatic rings. The molecule has 1 N–H and O–H groups in total. The Morgan fingerprint density at radius 3 is 2.78 bits per heavy atom. The van der Waals surface area contributed by atoms with E-state index in [1.165, 1.54) is 10.4 Å². The van der Waals surface area contributed by atoms with Gasteiger partial charge < -0.3 is 5.32 Å². The van der Waals surface area contributed by atoms with Gasteiger partial charge >= 0.3 is 5.69 Å². The van der Waals surface area contributed by atoms with Gasteiger partial charge in [0.15, 0.2) is 4.90 Å². The van der Waals surface area contributed by atoms with Gasteiger partial charge in [0.2, 0.25) is 15.8 Å². The van der Waals surface area contributed by atoms with E-state index in [2.05, 4.69) is 5.32 Å². The van der Waals surface area contributed by atoms with E-state index in [4.69, 9.17) is 0 Å². The van der Waals surface area contributed by atoms with Crippen LogP contribution in [-0.4, -0.2) is 43.3 Å². The smallest absolute Gasteiger partial charge is 0.314 e. The Morgan fingerprint density at radius 2 is 2.09 bits per heavy atom. The second-order valence-electron chi connectivity index (χ2n) is 5.60. The van der Waals surface area contributed by atoms with Gasteiger partial charge in [-0.2, -0.15) is 8.70 Å². The summed E-state index contributed by atoms with van der Waals surface area (Å²) in [7, 11) is -4.07. The zero-order chi connectivity index (χ0) is 15.9. The number of para-hydroxylation sites is 1. The predicted octanol–water partition coefficient (Wildman–Crippen LogP) is 1.53. The Kier molecular flexibility index (Phi) is 5.24. The van der Waals surface area contributed by atoms with E-state index in [1.54, 1.807) is 0 Å². The number of rotatable bonds is 3. The molecular weight excluding hydrogens is 349 g/mol. The van der Waals surface area contributed by atoms with Crippen molar-refractivity contribution in [3.63, 3.8) is 0 Å². The number of fused-ring (bicyclic) bond motifs is 1. The molecule has 2 atom stereocenters. The summed E-state index contributed by atoms with van der Waals surface area (Å²) in [6, 6.07) is 3.47. The second-order valence-corrected chi connectivity index (χ2v) is 7.51. The van der Waals surface area contributed by atoms with Crippen LogP contribution in [0.2, 0.25) is 0 Å². The van der Waals surface area contributed by atoms with Crippen LogP contribution in [0.15, 0.2) is 23.1 Å². The average molecular weight is 366 g/mol. The standard InChI is InChI=1S/C13H16FN3O4S.ClH/c14-10-2-1-3-12(13(10)17(18)19)22(20,21)16-7-5-11-9(8-16)4-6-15-11;/h1-3,9,11,15H,4-8H2;1H. The maximum atomic E-state index is 13.7. The normalized spacial score (nSPS) is 24.7. The molecule has 10 heteroatoms. The SMILES string of the molecule is Cl.O=[N+]([O-])c1c(F)cccc1S(=O)(=O)N1CCC2NCCC2C1. The number of piperidine rings is 1. The number of sulfonamides is 1. The molecule has 2 unspecified atom stereocenters. The van der Waals surface area contributed by atoms with Crippen molar-refractivity contribution in [2.75, 3.05) is 19.6 Å². The summed E-state index contributed by atoms with van der Waals surface area (Å²) in [6.07, 6.45) is 1.54. The summed E-state index contributed by atoms with van der Waals surface area (Å²) in [6.45, 7) is 1.45. The van der Waals surface area contributed by atoms with Crippen LogP contribution >= 0.6 is 12.4 Å². The van der Waals surface area contributed by atoms with E-state index in [-0.39, 0.29) is 24.9 Å². The van der Waals surface area contributed by atoms with Crippen molar-refractivity contribution in [2.45, 2.75) is 23.8 Å². The van der Waals surface area contributed by atoms with Gasteiger partial charge in [-0.25, -0.2) is 8.42 Å². The molecule has 7 nitrogen and oxygen atoms in total. The number of benzene rings is 1. The molecule has 1 aromatic carbocycles. The summed E-state index contributed by atoms with van der Waals surface area (Å²) >= 11 is 0. The molecule has 2 aliphatic heterocycles. The van der Waals surface area contributed by atoms with Gasteiger partial charge in [0, 0.05) is 19.1 Å². The Hall–Kier alpha value is -1.29. The van der Waals surface area contributed by atoms with Crippen LogP contribution in [0.3, 0.4) is 0 Å². The minimum absolute atomic E-state index is 0. The molecule has 3 rings (SSSR count). The number of hydrogen-bond acceptors (Lipinski definition) is 5. The van der Waals surface area contributed by atoms with Gasteiger partial charge in [0.25, 0.3) is 0 Å². The monoisotopic (exact) mass is 365 g/mol. The minimum Gasteiger partial charge on any atom is -0.314 e. The summed E-state index contributed by atoms with van der Waals surface area (Å²) in [5, 5.41) is 14.3. The highest BCUT2D eigenvalue weighted by molar-refractivity contribution is 7.89. The zero-order valence-electron chi connectivity index (χ0n) is 12.1.